The first-order valence-corrected chi connectivity index (χ1v) is 11.1. The third kappa shape index (κ3) is 5.88. The quantitative estimate of drug-likeness (QED) is 0.605. The second-order valence-electron chi connectivity index (χ2n) is 7.62. The maximum absolute atomic E-state index is 14.0. The van der Waals surface area contributed by atoms with Crippen molar-refractivity contribution in [1.82, 2.24) is 14.8 Å². The molecule has 0 spiro atoms. The summed E-state index contributed by atoms with van der Waals surface area (Å²) < 4.78 is 19.9. The second-order valence-corrected chi connectivity index (χ2v) is 8.51. The average Bonchev–Trinajstić information content (AvgIpc) is 3.28. The van der Waals surface area contributed by atoms with Gasteiger partial charge in [0.25, 0.3) is 5.91 Å². The van der Waals surface area contributed by atoms with Gasteiger partial charge in [0.1, 0.15) is 18.2 Å². The SMILES string of the molecule is CN1CCN(Cc2cc(OCc3ccccc3F)cc(C(=O)Nc3nccs3)c2)CC1. The molecule has 31 heavy (non-hydrogen) atoms. The Bertz CT molecular complexity index is 1020. The monoisotopic (exact) mass is 440 g/mol. The molecule has 0 saturated carbocycles. The molecular formula is C23H25FN4O2S. The molecule has 1 saturated heterocycles. The lowest BCUT2D eigenvalue weighted by Gasteiger charge is -2.32. The van der Waals surface area contributed by atoms with Gasteiger partial charge in [-0.1, -0.05) is 18.2 Å². The minimum absolute atomic E-state index is 0.0954. The number of halogens is 1. The Morgan fingerprint density at radius 2 is 2.00 bits per heavy atom. The van der Waals surface area contributed by atoms with E-state index in [4.69, 9.17) is 4.74 Å². The maximum Gasteiger partial charge on any atom is 0.257 e. The minimum atomic E-state index is -0.308. The number of likely N-dealkylation sites (N-methyl/N-ethyl adjacent to an activating group) is 1. The lowest BCUT2D eigenvalue weighted by atomic mass is 10.1. The van der Waals surface area contributed by atoms with Crippen LogP contribution in [0.3, 0.4) is 0 Å². The van der Waals surface area contributed by atoms with Crippen LogP contribution in [-0.2, 0) is 13.2 Å². The highest BCUT2D eigenvalue weighted by molar-refractivity contribution is 7.13. The largest absolute Gasteiger partial charge is 0.489 e. The van der Waals surface area contributed by atoms with Crippen molar-refractivity contribution in [1.29, 1.82) is 0 Å². The van der Waals surface area contributed by atoms with Crippen LogP contribution < -0.4 is 10.1 Å². The summed E-state index contributed by atoms with van der Waals surface area (Å²) in [5.41, 5.74) is 1.95. The lowest BCUT2D eigenvalue weighted by molar-refractivity contribution is 0.102. The van der Waals surface area contributed by atoms with Gasteiger partial charge < -0.3 is 9.64 Å². The molecule has 1 fully saturated rings. The number of carbonyl (C=O) groups excluding carboxylic acids is 1. The van der Waals surface area contributed by atoms with E-state index in [-0.39, 0.29) is 18.3 Å². The fraction of sp³-hybridized carbons (Fsp3) is 0.304. The number of amides is 1. The van der Waals surface area contributed by atoms with Crippen LogP contribution in [0.25, 0.3) is 0 Å². The van der Waals surface area contributed by atoms with E-state index in [9.17, 15) is 9.18 Å². The zero-order chi connectivity index (χ0) is 21.6. The predicted octanol–water partition coefficient (Wildman–Crippen LogP) is 3.86. The van der Waals surface area contributed by atoms with E-state index < -0.39 is 0 Å². The number of anilines is 1. The van der Waals surface area contributed by atoms with Crippen molar-refractivity contribution < 1.29 is 13.9 Å². The van der Waals surface area contributed by atoms with Crippen LogP contribution in [0.2, 0.25) is 0 Å². The van der Waals surface area contributed by atoms with Crippen molar-refractivity contribution in [2.24, 2.45) is 0 Å². The number of piperazine rings is 1. The molecule has 1 aliphatic rings. The Kier molecular flexibility index (Phi) is 6.91. The summed E-state index contributed by atoms with van der Waals surface area (Å²) in [6, 6.07) is 12.0. The van der Waals surface area contributed by atoms with Gasteiger partial charge in [0.05, 0.1) is 0 Å². The number of ether oxygens (including phenoxy) is 1. The summed E-state index contributed by atoms with van der Waals surface area (Å²) in [7, 11) is 2.12. The van der Waals surface area contributed by atoms with Gasteiger partial charge in [-0.15, -0.1) is 11.3 Å². The van der Waals surface area contributed by atoms with E-state index >= 15 is 0 Å². The molecule has 0 aliphatic carbocycles. The van der Waals surface area contributed by atoms with E-state index in [0.29, 0.717) is 22.0 Å². The summed E-state index contributed by atoms with van der Waals surface area (Å²) in [4.78, 5) is 21.6. The molecule has 6 nitrogen and oxygen atoms in total. The van der Waals surface area contributed by atoms with Crippen LogP contribution in [0.4, 0.5) is 9.52 Å². The third-order valence-corrected chi connectivity index (χ3v) is 5.92. The van der Waals surface area contributed by atoms with Crippen molar-refractivity contribution in [3.8, 4) is 5.75 Å². The maximum atomic E-state index is 14.0. The number of nitrogens with zero attached hydrogens (tertiary/aromatic N) is 3. The molecule has 1 amide bonds. The van der Waals surface area contributed by atoms with E-state index in [2.05, 4.69) is 27.1 Å². The zero-order valence-corrected chi connectivity index (χ0v) is 18.2. The van der Waals surface area contributed by atoms with E-state index in [0.717, 1.165) is 38.3 Å². The van der Waals surface area contributed by atoms with Crippen molar-refractivity contribution >= 4 is 22.4 Å². The summed E-state index contributed by atoms with van der Waals surface area (Å²) in [5, 5.41) is 5.17. The van der Waals surface area contributed by atoms with Gasteiger partial charge in [-0.3, -0.25) is 15.0 Å². The van der Waals surface area contributed by atoms with Gasteiger partial charge >= 0.3 is 0 Å². The molecule has 1 N–H and O–H groups in total. The number of thiazole rings is 1. The molecule has 0 atom stereocenters. The lowest BCUT2D eigenvalue weighted by Crippen LogP contribution is -2.43. The van der Waals surface area contributed by atoms with Gasteiger partial charge in [-0.2, -0.15) is 0 Å². The molecule has 0 unspecified atom stereocenters. The number of aromatic nitrogens is 1. The highest BCUT2D eigenvalue weighted by Crippen LogP contribution is 2.22. The Hall–Kier alpha value is -2.81. The van der Waals surface area contributed by atoms with Crippen LogP contribution in [0.5, 0.6) is 5.75 Å². The van der Waals surface area contributed by atoms with Crippen molar-refractivity contribution in [3.63, 3.8) is 0 Å². The Balaban J connectivity index is 1.53. The standard InChI is InChI=1S/C23H25FN4O2S/c1-27-7-9-28(10-8-27)15-17-12-19(22(29)26-23-25-6-11-31-23)14-20(13-17)30-16-18-4-2-3-5-21(18)24/h2-6,11-14H,7-10,15-16H2,1H3,(H,25,26,29). The van der Waals surface area contributed by atoms with Crippen molar-refractivity contribution in [2.45, 2.75) is 13.2 Å². The summed E-state index contributed by atoms with van der Waals surface area (Å²) in [6.45, 7) is 4.79. The van der Waals surface area contributed by atoms with Crippen LogP contribution >= 0.6 is 11.3 Å². The first-order chi connectivity index (χ1) is 15.1. The van der Waals surface area contributed by atoms with Crippen molar-refractivity contribution in [2.75, 3.05) is 38.5 Å². The van der Waals surface area contributed by atoms with Gasteiger partial charge in [-0.25, -0.2) is 9.37 Å². The highest BCUT2D eigenvalue weighted by Gasteiger charge is 2.17. The van der Waals surface area contributed by atoms with Gasteiger partial charge in [0.2, 0.25) is 0 Å². The fourth-order valence-corrected chi connectivity index (χ4v) is 3.99. The summed E-state index contributed by atoms with van der Waals surface area (Å²) in [6.07, 6.45) is 1.65. The van der Waals surface area contributed by atoms with Crippen LogP contribution in [0.15, 0.2) is 54.0 Å². The number of hydrogen-bond donors (Lipinski definition) is 1. The van der Waals surface area contributed by atoms with Crippen LogP contribution in [0.1, 0.15) is 21.5 Å². The number of hydrogen-bond acceptors (Lipinski definition) is 6. The van der Waals surface area contributed by atoms with Gasteiger partial charge in [0.15, 0.2) is 5.13 Å². The molecule has 1 aliphatic heterocycles. The third-order valence-electron chi connectivity index (χ3n) is 5.24. The number of rotatable bonds is 7. The highest BCUT2D eigenvalue weighted by atomic mass is 32.1. The van der Waals surface area contributed by atoms with Gasteiger partial charge in [0, 0.05) is 55.4 Å². The first-order valence-electron chi connectivity index (χ1n) is 10.2. The van der Waals surface area contributed by atoms with E-state index in [1.807, 2.05) is 17.5 Å². The number of benzene rings is 2. The molecule has 2 heterocycles. The van der Waals surface area contributed by atoms with Crippen LogP contribution in [0, 0.1) is 5.82 Å². The Morgan fingerprint density at radius 3 is 2.74 bits per heavy atom. The van der Waals surface area contributed by atoms with Crippen molar-refractivity contribution in [3.05, 3.63) is 76.5 Å². The normalized spacial score (nSPS) is 15.0. The Labute approximate surface area is 185 Å². The molecule has 0 bridgehead atoms. The van der Waals surface area contributed by atoms with Gasteiger partial charge in [-0.05, 0) is 36.9 Å². The smallest absolute Gasteiger partial charge is 0.257 e. The summed E-state index contributed by atoms with van der Waals surface area (Å²) in [5.74, 6) is -0.0112. The molecule has 8 heteroatoms. The molecule has 1 aromatic heterocycles. The zero-order valence-electron chi connectivity index (χ0n) is 17.4. The molecule has 0 radical (unpaired) electrons. The van der Waals surface area contributed by atoms with E-state index in [1.54, 1.807) is 30.5 Å². The Morgan fingerprint density at radius 1 is 1.19 bits per heavy atom. The fourth-order valence-electron chi connectivity index (χ4n) is 3.46. The molecule has 162 valence electrons. The summed E-state index contributed by atoms with van der Waals surface area (Å²) >= 11 is 1.36. The minimum Gasteiger partial charge on any atom is -0.489 e. The van der Waals surface area contributed by atoms with E-state index in [1.165, 1.54) is 17.4 Å². The average molecular weight is 441 g/mol. The molecule has 4 rings (SSSR count). The molecule has 3 aromatic rings. The first kappa shape index (κ1) is 21.4. The second kappa shape index (κ2) is 10.00. The molecule has 2 aromatic carbocycles. The van der Waals surface area contributed by atoms with Crippen LogP contribution in [-0.4, -0.2) is 53.9 Å². The predicted molar refractivity (Wildman–Crippen MR) is 120 cm³/mol. The topological polar surface area (TPSA) is 57.7 Å². The number of carbonyl (C=O) groups is 1. The number of nitrogens with one attached hydrogen (secondary N) is 1. The molecular weight excluding hydrogens is 415 g/mol.